The molecule has 2 atom stereocenters. The first kappa shape index (κ1) is 17.7. The van der Waals surface area contributed by atoms with Crippen molar-refractivity contribution in [3.63, 3.8) is 0 Å². The van der Waals surface area contributed by atoms with E-state index in [1.165, 1.54) is 77.0 Å². The first-order chi connectivity index (χ1) is 11.3. The molecule has 23 heavy (non-hydrogen) atoms. The Morgan fingerprint density at radius 3 is 1.74 bits per heavy atom. The molecule has 0 spiro atoms. The predicted octanol–water partition coefficient (Wildman–Crippen LogP) is 5.59. The molecule has 2 heteroatoms. The summed E-state index contributed by atoms with van der Waals surface area (Å²) in [6.07, 6.45) is 17.8. The van der Waals surface area contributed by atoms with Crippen molar-refractivity contribution in [1.82, 2.24) is 0 Å². The van der Waals surface area contributed by atoms with Crippen molar-refractivity contribution in [2.75, 3.05) is 13.7 Å². The molecule has 0 amide bonds. The summed E-state index contributed by atoms with van der Waals surface area (Å²) in [5.41, 5.74) is 0. The molecule has 2 nitrogen and oxygen atoms in total. The van der Waals surface area contributed by atoms with Crippen molar-refractivity contribution >= 4 is 0 Å². The van der Waals surface area contributed by atoms with Gasteiger partial charge in [-0.25, -0.2) is 0 Å². The maximum atomic E-state index is 6.14. The van der Waals surface area contributed by atoms with Crippen molar-refractivity contribution in [2.24, 2.45) is 23.7 Å². The lowest BCUT2D eigenvalue weighted by atomic mass is 9.67. The van der Waals surface area contributed by atoms with E-state index in [1.807, 2.05) is 7.11 Å². The van der Waals surface area contributed by atoms with E-state index in [2.05, 4.69) is 6.92 Å². The molecule has 0 aromatic carbocycles. The summed E-state index contributed by atoms with van der Waals surface area (Å²) in [6.45, 7) is 3.33. The molecule has 0 radical (unpaired) electrons. The normalized spacial score (nSPS) is 42.5. The standard InChI is InChI=1S/C21H38O2/c1-3-4-21-14-11-19(15-23-21)18-7-5-16(6-8-18)17-9-12-20(22-2)13-10-17/h16-21H,3-15H2,1-2H3. The van der Waals surface area contributed by atoms with Gasteiger partial charge in [-0.15, -0.1) is 0 Å². The van der Waals surface area contributed by atoms with E-state index >= 15 is 0 Å². The van der Waals surface area contributed by atoms with Crippen molar-refractivity contribution in [3.8, 4) is 0 Å². The Morgan fingerprint density at radius 1 is 0.739 bits per heavy atom. The predicted molar refractivity (Wildman–Crippen MR) is 95.6 cm³/mol. The molecule has 2 saturated carbocycles. The summed E-state index contributed by atoms with van der Waals surface area (Å²) < 4.78 is 11.7. The third kappa shape index (κ3) is 4.72. The Morgan fingerprint density at radius 2 is 1.26 bits per heavy atom. The highest BCUT2D eigenvalue weighted by Crippen LogP contribution is 2.43. The number of rotatable bonds is 5. The highest BCUT2D eigenvalue weighted by atomic mass is 16.5. The van der Waals surface area contributed by atoms with Crippen LogP contribution in [0.5, 0.6) is 0 Å². The molecule has 2 unspecified atom stereocenters. The second-order valence-electron chi connectivity index (χ2n) is 8.53. The smallest absolute Gasteiger partial charge is 0.0575 e. The molecule has 3 aliphatic rings. The van der Waals surface area contributed by atoms with Crippen LogP contribution in [0.2, 0.25) is 0 Å². The summed E-state index contributed by atoms with van der Waals surface area (Å²) in [5, 5.41) is 0. The van der Waals surface area contributed by atoms with Gasteiger partial charge in [-0.2, -0.15) is 0 Å². The van der Waals surface area contributed by atoms with Crippen LogP contribution in [0.1, 0.15) is 84.0 Å². The van der Waals surface area contributed by atoms with Crippen LogP contribution < -0.4 is 0 Å². The molecule has 3 fully saturated rings. The Bertz CT molecular complexity index is 319. The van der Waals surface area contributed by atoms with E-state index in [4.69, 9.17) is 9.47 Å². The summed E-state index contributed by atoms with van der Waals surface area (Å²) in [4.78, 5) is 0. The largest absolute Gasteiger partial charge is 0.381 e. The van der Waals surface area contributed by atoms with E-state index in [-0.39, 0.29) is 0 Å². The van der Waals surface area contributed by atoms with Gasteiger partial charge in [0.1, 0.15) is 0 Å². The van der Waals surface area contributed by atoms with E-state index < -0.39 is 0 Å². The summed E-state index contributed by atoms with van der Waals surface area (Å²) >= 11 is 0. The zero-order valence-electron chi connectivity index (χ0n) is 15.5. The minimum Gasteiger partial charge on any atom is -0.381 e. The van der Waals surface area contributed by atoms with Crippen LogP contribution in [0.3, 0.4) is 0 Å². The average Bonchev–Trinajstić information content (AvgIpc) is 2.63. The van der Waals surface area contributed by atoms with Crippen LogP contribution in [-0.2, 0) is 9.47 Å². The van der Waals surface area contributed by atoms with Crippen LogP contribution in [-0.4, -0.2) is 25.9 Å². The van der Waals surface area contributed by atoms with Crippen molar-refractivity contribution in [2.45, 2.75) is 96.2 Å². The van der Waals surface area contributed by atoms with Crippen molar-refractivity contribution in [1.29, 1.82) is 0 Å². The molecule has 134 valence electrons. The molecule has 1 aliphatic heterocycles. The summed E-state index contributed by atoms with van der Waals surface area (Å²) in [7, 11) is 1.88. The number of hydrogen-bond acceptors (Lipinski definition) is 2. The molecule has 1 heterocycles. The van der Waals surface area contributed by atoms with Gasteiger partial charge in [0.15, 0.2) is 0 Å². The van der Waals surface area contributed by atoms with Gasteiger partial charge in [0.25, 0.3) is 0 Å². The molecule has 0 N–H and O–H groups in total. The quantitative estimate of drug-likeness (QED) is 0.656. The van der Waals surface area contributed by atoms with Gasteiger partial charge in [-0.3, -0.25) is 0 Å². The summed E-state index contributed by atoms with van der Waals surface area (Å²) in [6, 6.07) is 0. The van der Waals surface area contributed by atoms with Crippen LogP contribution in [0.15, 0.2) is 0 Å². The molecule has 0 aromatic heterocycles. The Kier molecular flexibility index (Phi) is 6.83. The van der Waals surface area contributed by atoms with Crippen molar-refractivity contribution < 1.29 is 9.47 Å². The average molecular weight is 323 g/mol. The van der Waals surface area contributed by atoms with E-state index in [0.29, 0.717) is 12.2 Å². The maximum absolute atomic E-state index is 6.14. The lowest BCUT2D eigenvalue weighted by Gasteiger charge is -2.41. The Balaban J connectivity index is 1.37. The monoisotopic (exact) mass is 322 g/mol. The van der Waals surface area contributed by atoms with E-state index in [0.717, 1.165) is 30.3 Å². The van der Waals surface area contributed by atoms with Crippen molar-refractivity contribution in [3.05, 3.63) is 0 Å². The third-order valence-corrected chi connectivity index (χ3v) is 7.22. The summed E-state index contributed by atoms with van der Waals surface area (Å²) in [5.74, 6) is 3.85. The second kappa shape index (κ2) is 8.85. The van der Waals surface area contributed by atoms with E-state index in [1.54, 1.807) is 0 Å². The third-order valence-electron chi connectivity index (χ3n) is 7.22. The van der Waals surface area contributed by atoms with Crippen LogP contribution in [0, 0.1) is 23.7 Å². The van der Waals surface area contributed by atoms with E-state index in [9.17, 15) is 0 Å². The lowest BCUT2D eigenvalue weighted by molar-refractivity contribution is -0.0444. The fourth-order valence-electron chi connectivity index (χ4n) is 5.63. The number of ether oxygens (including phenoxy) is 2. The minimum atomic E-state index is 0.554. The second-order valence-corrected chi connectivity index (χ2v) is 8.53. The molecule has 0 aromatic rings. The van der Waals surface area contributed by atoms with Crippen LogP contribution in [0.4, 0.5) is 0 Å². The van der Waals surface area contributed by atoms with Gasteiger partial charge in [0.2, 0.25) is 0 Å². The molecular formula is C21H38O2. The molecular weight excluding hydrogens is 284 g/mol. The first-order valence-corrected chi connectivity index (χ1v) is 10.4. The SMILES string of the molecule is CCCC1CCC(C2CCC(C3CCC(OC)CC3)CC2)CO1. The van der Waals surface area contributed by atoms with Gasteiger partial charge in [-0.05, 0) is 94.3 Å². The van der Waals surface area contributed by atoms with Gasteiger partial charge in [0.05, 0.1) is 18.8 Å². The molecule has 0 bridgehead atoms. The van der Waals surface area contributed by atoms with Crippen LogP contribution >= 0.6 is 0 Å². The molecule has 3 rings (SSSR count). The lowest BCUT2D eigenvalue weighted by Crippen LogP contribution is -2.34. The van der Waals surface area contributed by atoms with Gasteiger partial charge in [0, 0.05) is 7.11 Å². The zero-order chi connectivity index (χ0) is 16.1. The van der Waals surface area contributed by atoms with Gasteiger partial charge in [-0.1, -0.05) is 13.3 Å². The highest BCUT2D eigenvalue weighted by molar-refractivity contribution is 4.85. The fourth-order valence-corrected chi connectivity index (χ4v) is 5.63. The molecule has 1 saturated heterocycles. The zero-order valence-corrected chi connectivity index (χ0v) is 15.5. The Labute approximate surface area is 143 Å². The fraction of sp³-hybridized carbons (Fsp3) is 1.00. The van der Waals surface area contributed by atoms with Gasteiger partial charge >= 0.3 is 0 Å². The van der Waals surface area contributed by atoms with Crippen LogP contribution in [0.25, 0.3) is 0 Å². The molecule has 2 aliphatic carbocycles. The van der Waals surface area contributed by atoms with Gasteiger partial charge < -0.3 is 9.47 Å². The first-order valence-electron chi connectivity index (χ1n) is 10.4. The topological polar surface area (TPSA) is 18.5 Å². The number of methoxy groups -OCH3 is 1. The minimum absolute atomic E-state index is 0.554. The number of hydrogen-bond donors (Lipinski definition) is 0. The Hall–Kier alpha value is -0.0800. The highest BCUT2D eigenvalue weighted by Gasteiger charge is 2.34. The maximum Gasteiger partial charge on any atom is 0.0575 e.